The monoisotopic (exact) mass is 240 g/mol. The number of likely N-dealkylation sites (N-methyl/N-ethyl adjacent to an activating group) is 1. The minimum absolute atomic E-state index is 0.0186. The fraction of sp³-hybridized carbons (Fsp3) is 0.846. The van der Waals surface area contributed by atoms with Crippen LogP contribution in [0.1, 0.15) is 39.0 Å². The Balaban J connectivity index is 2.38. The van der Waals surface area contributed by atoms with Crippen LogP contribution in [0.2, 0.25) is 0 Å². The van der Waals surface area contributed by atoms with Gasteiger partial charge in [0.05, 0.1) is 0 Å². The fourth-order valence-corrected chi connectivity index (χ4v) is 2.44. The first-order valence-corrected chi connectivity index (χ1v) is 6.50. The second kappa shape index (κ2) is 6.74. The van der Waals surface area contributed by atoms with Gasteiger partial charge in [-0.2, -0.15) is 0 Å². The topological polar surface area (TPSA) is 49.4 Å². The molecule has 4 nitrogen and oxygen atoms in total. The summed E-state index contributed by atoms with van der Waals surface area (Å²) in [5.41, 5.74) is 0. The molecule has 0 heterocycles. The van der Waals surface area contributed by atoms with E-state index in [-0.39, 0.29) is 17.7 Å². The summed E-state index contributed by atoms with van der Waals surface area (Å²) in [6, 6.07) is 0.0186. The van der Waals surface area contributed by atoms with Crippen molar-refractivity contribution >= 4 is 11.7 Å². The van der Waals surface area contributed by atoms with E-state index in [1.165, 1.54) is 6.42 Å². The fourth-order valence-electron chi connectivity index (χ4n) is 2.44. The van der Waals surface area contributed by atoms with Gasteiger partial charge in [-0.05, 0) is 33.9 Å². The van der Waals surface area contributed by atoms with E-state index in [1.54, 1.807) is 0 Å². The first-order valence-electron chi connectivity index (χ1n) is 6.50. The molecule has 1 N–H and O–H groups in total. The molecule has 0 radical (unpaired) electrons. The van der Waals surface area contributed by atoms with Crippen molar-refractivity contribution in [1.82, 2.24) is 10.2 Å². The van der Waals surface area contributed by atoms with Crippen LogP contribution in [0.25, 0.3) is 0 Å². The lowest BCUT2D eigenvalue weighted by molar-refractivity contribution is -0.141. The Hall–Kier alpha value is -0.900. The Labute approximate surface area is 104 Å². The zero-order chi connectivity index (χ0) is 12.8. The van der Waals surface area contributed by atoms with E-state index in [2.05, 4.69) is 5.32 Å². The van der Waals surface area contributed by atoms with Crippen LogP contribution < -0.4 is 5.32 Å². The number of carbonyl (C=O) groups is 2. The lowest BCUT2D eigenvalue weighted by atomic mass is 9.86. The van der Waals surface area contributed by atoms with Crippen LogP contribution in [0, 0.1) is 5.92 Å². The molecule has 1 rings (SSSR count). The van der Waals surface area contributed by atoms with Crippen LogP contribution in [-0.4, -0.2) is 43.3 Å². The summed E-state index contributed by atoms with van der Waals surface area (Å²) < 4.78 is 0. The maximum absolute atomic E-state index is 11.9. The summed E-state index contributed by atoms with van der Waals surface area (Å²) in [4.78, 5) is 25.6. The van der Waals surface area contributed by atoms with Crippen LogP contribution in [0.15, 0.2) is 0 Å². The Morgan fingerprint density at radius 1 is 1.24 bits per heavy atom. The van der Waals surface area contributed by atoms with Crippen LogP contribution in [0.3, 0.4) is 0 Å². The average Bonchev–Trinajstić information content (AvgIpc) is 2.28. The summed E-state index contributed by atoms with van der Waals surface area (Å²) >= 11 is 0. The molecule has 1 atom stereocenters. The highest BCUT2D eigenvalue weighted by Gasteiger charge is 2.27. The largest absolute Gasteiger partial charge is 0.346 e. The van der Waals surface area contributed by atoms with Gasteiger partial charge in [-0.1, -0.05) is 19.3 Å². The van der Waals surface area contributed by atoms with Crippen molar-refractivity contribution in [2.45, 2.75) is 45.1 Å². The molecular formula is C13H24N2O2. The first kappa shape index (κ1) is 14.2. The van der Waals surface area contributed by atoms with Gasteiger partial charge in [0.25, 0.3) is 5.91 Å². The summed E-state index contributed by atoms with van der Waals surface area (Å²) in [6.45, 7) is 2.68. The average molecular weight is 240 g/mol. The summed E-state index contributed by atoms with van der Waals surface area (Å²) in [5, 5.41) is 2.78. The van der Waals surface area contributed by atoms with Gasteiger partial charge in [0, 0.05) is 18.5 Å². The van der Waals surface area contributed by atoms with E-state index in [0.717, 1.165) is 32.2 Å². The third-order valence-electron chi connectivity index (χ3n) is 3.22. The second-order valence-electron chi connectivity index (χ2n) is 5.34. The Morgan fingerprint density at radius 2 is 1.82 bits per heavy atom. The molecule has 4 heteroatoms. The van der Waals surface area contributed by atoms with Crippen LogP contribution >= 0.6 is 0 Å². The molecule has 1 fully saturated rings. The summed E-state index contributed by atoms with van der Waals surface area (Å²) in [7, 11) is 3.90. The molecule has 0 aliphatic heterocycles. The molecular weight excluding hydrogens is 216 g/mol. The molecule has 1 amide bonds. The number of nitrogens with zero attached hydrogens (tertiary/aromatic N) is 1. The molecule has 0 bridgehead atoms. The van der Waals surface area contributed by atoms with Gasteiger partial charge in [0.1, 0.15) is 0 Å². The normalized spacial score (nSPS) is 19.1. The van der Waals surface area contributed by atoms with Crippen molar-refractivity contribution in [2.75, 3.05) is 20.6 Å². The number of hydrogen-bond donors (Lipinski definition) is 1. The highest BCUT2D eigenvalue weighted by atomic mass is 16.2. The highest BCUT2D eigenvalue weighted by Crippen LogP contribution is 2.24. The molecule has 1 aliphatic rings. The third kappa shape index (κ3) is 4.86. The van der Waals surface area contributed by atoms with Crippen LogP contribution in [-0.2, 0) is 9.59 Å². The molecule has 0 spiro atoms. The van der Waals surface area contributed by atoms with Gasteiger partial charge < -0.3 is 10.2 Å². The van der Waals surface area contributed by atoms with E-state index in [0.29, 0.717) is 0 Å². The van der Waals surface area contributed by atoms with Crippen LogP contribution in [0.4, 0.5) is 0 Å². The van der Waals surface area contributed by atoms with Gasteiger partial charge in [0.15, 0.2) is 0 Å². The molecule has 98 valence electrons. The van der Waals surface area contributed by atoms with Crippen LogP contribution in [0.5, 0.6) is 0 Å². The third-order valence-corrected chi connectivity index (χ3v) is 3.22. The number of ketones is 1. The molecule has 1 saturated carbocycles. The number of amides is 1. The maximum atomic E-state index is 11.9. The smallest absolute Gasteiger partial charge is 0.287 e. The Morgan fingerprint density at radius 3 is 2.35 bits per heavy atom. The standard InChI is InChI=1S/C13H24N2O2/c1-10(9-15(2)3)14-13(17)12(16)11-7-5-4-6-8-11/h10-11H,4-9H2,1-3H3,(H,14,17)/t10-/m1/s1. The second-order valence-corrected chi connectivity index (χ2v) is 5.34. The molecule has 0 unspecified atom stereocenters. The van der Waals surface area contributed by atoms with Gasteiger partial charge in [-0.3, -0.25) is 9.59 Å². The highest BCUT2D eigenvalue weighted by molar-refractivity contribution is 6.37. The van der Waals surface area contributed by atoms with Gasteiger partial charge >= 0.3 is 0 Å². The van der Waals surface area contributed by atoms with E-state index < -0.39 is 5.91 Å². The number of rotatable bonds is 5. The molecule has 0 saturated heterocycles. The van der Waals surface area contributed by atoms with Crippen molar-refractivity contribution in [3.05, 3.63) is 0 Å². The summed E-state index contributed by atoms with van der Waals surface area (Å²) in [5.74, 6) is -0.642. The maximum Gasteiger partial charge on any atom is 0.287 e. The van der Waals surface area contributed by atoms with E-state index in [1.807, 2.05) is 25.9 Å². The Bertz CT molecular complexity index is 271. The first-order chi connectivity index (χ1) is 8.00. The van der Waals surface area contributed by atoms with E-state index in [9.17, 15) is 9.59 Å². The number of hydrogen-bond acceptors (Lipinski definition) is 3. The number of carbonyl (C=O) groups excluding carboxylic acids is 2. The van der Waals surface area contributed by atoms with Gasteiger partial charge in [-0.25, -0.2) is 0 Å². The number of nitrogens with one attached hydrogen (secondary N) is 1. The summed E-state index contributed by atoms with van der Waals surface area (Å²) in [6.07, 6.45) is 5.12. The van der Waals surface area contributed by atoms with Crippen molar-refractivity contribution in [3.63, 3.8) is 0 Å². The van der Waals surface area contributed by atoms with Gasteiger partial charge in [-0.15, -0.1) is 0 Å². The molecule has 1 aliphatic carbocycles. The lowest BCUT2D eigenvalue weighted by Gasteiger charge is -2.22. The SMILES string of the molecule is C[C@H](CN(C)C)NC(=O)C(=O)C1CCCCC1. The molecule has 17 heavy (non-hydrogen) atoms. The quantitative estimate of drug-likeness (QED) is 0.735. The zero-order valence-corrected chi connectivity index (χ0v) is 11.2. The van der Waals surface area contributed by atoms with Crippen molar-refractivity contribution in [2.24, 2.45) is 5.92 Å². The Kier molecular flexibility index (Phi) is 5.62. The van der Waals surface area contributed by atoms with Crippen molar-refractivity contribution in [1.29, 1.82) is 0 Å². The number of Topliss-reactive ketones (excluding diaryl/α,β-unsaturated/α-hetero) is 1. The minimum atomic E-state index is -0.397. The zero-order valence-electron chi connectivity index (χ0n) is 11.2. The van der Waals surface area contributed by atoms with Crippen molar-refractivity contribution < 1.29 is 9.59 Å². The van der Waals surface area contributed by atoms with E-state index >= 15 is 0 Å². The minimum Gasteiger partial charge on any atom is -0.346 e. The predicted molar refractivity (Wildman–Crippen MR) is 67.7 cm³/mol. The molecule has 0 aromatic carbocycles. The molecule has 0 aromatic heterocycles. The predicted octanol–water partition coefficient (Wildman–Crippen LogP) is 1.20. The van der Waals surface area contributed by atoms with E-state index in [4.69, 9.17) is 0 Å². The van der Waals surface area contributed by atoms with Gasteiger partial charge in [0.2, 0.25) is 5.78 Å². The molecule has 0 aromatic rings. The van der Waals surface area contributed by atoms with Crippen molar-refractivity contribution in [3.8, 4) is 0 Å². The lowest BCUT2D eigenvalue weighted by Crippen LogP contribution is -2.44.